The van der Waals surface area contributed by atoms with Gasteiger partial charge in [0.1, 0.15) is 5.54 Å². The second-order valence-electron chi connectivity index (χ2n) is 4.78. The van der Waals surface area contributed by atoms with Crippen molar-refractivity contribution in [3.63, 3.8) is 0 Å². The number of hydrogen-bond acceptors (Lipinski definition) is 2. The molecule has 102 valence electrons. The molecule has 1 aliphatic carbocycles. The number of aryl methyl sites for hydroxylation is 1. The van der Waals surface area contributed by atoms with Crippen LogP contribution in [0.3, 0.4) is 0 Å². The second kappa shape index (κ2) is 5.13. The fourth-order valence-electron chi connectivity index (χ4n) is 2.07. The Kier molecular flexibility index (Phi) is 3.87. The molecule has 1 saturated carbocycles. The minimum absolute atomic E-state index is 0.373. The molecule has 1 fully saturated rings. The fraction of sp³-hybridized carbons (Fsp3) is 0.385. The zero-order valence-corrected chi connectivity index (χ0v) is 12.6. The van der Waals surface area contributed by atoms with E-state index < -0.39 is 17.4 Å². The summed E-state index contributed by atoms with van der Waals surface area (Å²) in [7, 11) is 0. The highest BCUT2D eigenvalue weighted by atomic mass is 79.9. The van der Waals surface area contributed by atoms with E-state index >= 15 is 0 Å². The van der Waals surface area contributed by atoms with Crippen molar-refractivity contribution < 1.29 is 14.7 Å². The van der Waals surface area contributed by atoms with Gasteiger partial charge in [-0.3, -0.25) is 4.79 Å². The van der Waals surface area contributed by atoms with Crippen LogP contribution in [0.5, 0.6) is 0 Å². The molecular formula is C13H13BrClNO3. The van der Waals surface area contributed by atoms with Gasteiger partial charge in [-0.05, 0) is 59.8 Å². The molecule has 1 aromatic carbocycles. The van der Waals surface area contributed by atoms with Crippen molar-refractivity contribution in [1.82, 2.24) is 5.32 Å². The Hall–Kier alpha value is -1.07. The number of rotatable bonds is 3. The Morgan fingerprint density at radius 3 is 2.47 bits per heavy atom. The van der Waals surface area contributed by atoms with Gasteiger partial charge in [-0.25, -0.2) is 4.79 Å². The lowest BCUT2D eigenvalue weighted by Gasteiger charge is -2.38. The monoisotopic (exact) mass is 345 g/mol. The summed E-state index contributed by atoms with van der Waals surface area (Å²) in [6.07, 6.45) is 1.75. The van der Waals surface area contributed by atoms with E-state index in [4.69, 9.17) is 11.6 Å². The van der Waals surface area contributed by atoms with E-state index in [1.165, 1.54) is 6.07 Å². The van der Waals surface area contributed by atoms with E-state index in [9.17, 15) is 14.7 Å². The summed E-state index contributed by atoms with van der Waals surface area (Å²) in [6.45, 7) is 1.82. The van der Waals surface area contributed by atoms with Crippen LogP contribution in [-0.2, 0) is 4.79 Å². The van der Waals surface area contributed by atoms with Crippen molar-refractivity contribution >= 4 is 39.4 Å². The smallest absolute Gasteiger partial charge is 0.329 e. The van der Waals surface area contributed by atoms with E-state index in [-0.39, 0.29) is 0 Å². The molecule has 0 unspecified atom stereocenters. The average Bonchev–Trinajstić information content (AvgIpc) is 2.29. The molecule has 2 rings (SSSR count). The van der Waals surface area contributed by atoms with Crippen LogP contribution in [0.25, 0.3) is 0 Å². The zero-order chi connectivity index (χ0) is 14.2. The Morgan fingerprint density at radius 2 is 2.05 bits per heavy atom. The first-order valence-corrected chi connectivity index (χ1v) is 7.04. The number of hydrogen-bond donors (Lipinski definition) is 2. The molecular weight excluding hydrogens is 334 g/mol. The number of carbonyl (C=O) groups excluding carboxylic acids is 1. The lowest BCUT2D eigenvalue weighted by Crippen LogP contribution is -2.59. The number of amides is 1. The lowest BCUT2D eigenvalue weighted by molar-refractivity contribution is -0.148. The third-order valence-corrected chi connectivity index (χ3v) is 5.02. The average molecular weight is 347 g/mol. The van der Waals surface area contributed by atoms with E-state index in [0.29, 0.717) is 23.4 Å². The van der Waals surface area contributed by atoms with Gasteiger partial charge in [-0.1, -0.05) is 11.6 Å². The maximum absolute atomic E-state index is 12.1. The number of carboxylic acid groups (broad SMARTS) is 1. The molecule has 6 heteroatoms. The molecule has 0 saturated heterocycles. The minimum Gasteiger partial charge on any atom is -0.480 e. The molecule has 0 radical (unpaired) electrons. The number of halogens is 2. The molecule has 0 atom stereocenters. The highest BCUT2D eigenvalue weighted by molar-refractivity contribution is 9.10. The summed E-state index contributed by atoms with van der Waals surface area (Å²) >= 11 is 9.32. The van der Waals surface area contributed by atoms with Crippen molar-refractivity contribution in [3.05, 3.63) is 32.8 Å². The Morgan fingerprint density at radius 1 is 1.42 bits per heavy atom. The van der Waals surface area contributed by atoms with Crippen LogP contribution < -0.4 is 5.32 Å². The van der Waals surface area contributed by atoms with Gasteiger partial charge in [0.2, 0.25) is 0 Å². The van der Waals surface area contributed by atoms with Gasteiger partial charge in [0.25, 0.3) is 5.91 Å². The zero-order valence-electron chi connectivity index (χ0n) is 10.3. The van der Waals surface area contributed by atoms with Crippen molar-refractivity contribution in [2.24, 2.45) is 0 Å². The third kappa shape index (κ3) is 2.62. The van der Waals surface area contributed by atoms with E-state index in [1.54, 1.807) is 6.07 Å². The van der Waals surface area contributed by atoms with Gasteiger partial charge < -0.3 is 10.4 Å². The number of benzene rings is 1. The first-order valence-electron chi connectivity index (χ1n) is 5.87. The largest absolute Gasteiger partial charge is 0.480 e. The van der Waals surface area contributed by atoms with E-state index in [1.807, 2.05) is 6.92 Å². The number of carbonyl (C=O) groups is 2. The second-order valence-corrected chi connectivity index (χ2v) is 5.98. The van der Waals surface area contributed by atoms with Crippen molar-refractivity contribution in [3.8, 4) is 0 Å². The highest BCUT2D eigenvalue weighted by Crippen LogP contribution is 2.33. The quantitative estimate of drug-likeness (QED) is 0.883. The molecule has 0 aliphatic heterocycles. The van der Waals surface area contributed by atoms with Gasteiger partial charge in [-0.15, -0.1) is 0 Å². The standard InChI is InChI=1S/C13H13BrClNO3/c1-7-5-8(6-9(15)10(7)14)11(17)16-13(12(18)19)3-2-4-13/h5-6H,2-4H2,1H3,(H,16,17)(H,18,19). The molecule has 1 amide bonds. The fourth-order valence-corrected chi connectivity index (χ4v) is 2.57. The number of nitrogens with one attached hydrogen (secondary N) is 1. The van der Waals surface area contributed by atoms with Crippen molar-refractivity contribution in [2.45, 2.75) is 31.7 Å². The van der Waals surface area contributed by atoms with Gasteiger partial charge in [0, 0.05) is 10.0 Å². The molecule has 19 heavy (non-hydrogen) atoms. The van der Waals surface area contributed by atoms with Crippen LogP contribution in [0.1, 0.15) is 35.2 Å². The highest BCUT2D eigenvalue weighted by Gasteiger charge is 2.45. The topological polar surface area (TPSA) is 66.4 Å². The molecule has 0 aromatic heterocycles. The predicted molar refractivity (Wildman–Crippen MR) is 75.6 cm³/mol. The van der Waals surface area contributed by atoms with Crippen LogP contribution in [-0.4, -0.2) is 22.5 Å². The lowest BCUT2D eigenvalue weighted by atomic mass is 9.76. The van der Waals surface area contributed by atoms with Gasteiger partial charge in [-0.2, -0.15) is 0 Å². The SMILES string of the molecule is Cc1cc(C(=O)NC2(C(=O)O)CCC2)cc(Cl)c1Br. The van der Waals surface area contributed by atoms with E-state index in [2.05, 4.69) is 21.2 Å². The maximum Gasteiger partial charge on any atom is 0.329 e. The summed E-state index contributed by atoms with van der Waals surface area (Å²) in [5, 5.41) is 12.2. The normalized spacial score (nSPS) is 16.6. The van der Waals surface area contributed by atoms with Gasteiger partial charge >= 0.3 is 5.97 Å². The van der Waals surface area contributed by atoms with E-state index in [0.717, 1.165) is 16.5 Å². The minimum atomic E-state index is -1.11. The molecule has 1 aromatic rings. The van der Waals surface area contributed by atoms with Gasteiger partial charge in [0.15, 0.2) is 0 Å². The molecule has 4 nitrogen and oxygen atoms in total. The molecule has 0 heterocycles. The van der Waals surface area contributed by atoms with Crippen LogP contribution in [0.15, 0.2) is 16.6 Å². The number of carboxylic acids is 1. The first-order chi connectivity index (χ1) is 8.85. The predicted octanol–water partition coefficient (Wildman–Crippen LogP) is 3.15. The first kappa shape index (κ1) is 14.3. The Balaban J connectivity index is 2.23. The summed E-state index contributed by atoms with van der Waals surface area (Å²) in [5.74, 6) is -1.38. The summed E-state index contributed by atoms with van der Waals surface area (Å²) in [5.41, 5.74) is 0.0960. The molecule has 0 bridgehead atoms. The molecule has 1 aliphatic rings. The summed E-state index contributed by atoms with van der Waals surface area (Å²) < 4.78 is 0.738. The van der Waals surface area contributed by atoms with Crippen LogP contribution in [0.2, 0.25) is 5.02 Å². The van der Waals surface area contributed by atoms with Crippen molar-refractivity contribution in [1.29, 1.82) is 0 Å². The molecule has 2 N–H and O–H groups in total. The maximum atomic E-state index is 12.1. The van der Waals surface area contributed by atoms with Gasteiger partial charge in [0.05, 0.1) is 5.02 Å². The molecule has 0 spiro atoms. The summed E-state index contributed by atoms with van der Waals surface area (Å²) in [6, 6.07) is 3.21. The Labute approximate surface area is 124 Å². The van der Waals surface area contributed by atoms with Crippen LogP contribution in [0.4, 0.5) is 0 Å². The van der Waals surface area contributed by atoms with Crippen LogP contribution in [0, 0.1) is 6.92 Å². The van der Waals surface area contributed by atoms with Crippen molar-refractivity contribution in [2.75, 3.05) is 0 Å². The summed E-state index contributed by atoms with van der Waals surface area (Å²) in [4.78, 5) is 23.3. The third-order valence-electron chi connectivity index (χ3n) is 3.44. The van der Waals surface area contributed by atoms with Crippen LogP contribution >= 0.6 is 27.5 Å². The Bertz CT molecular complexity index is 532. The number of aliphatic carboxylic acids is 1.